The van der Waals surface area contributed by atoms with Crippen LogP contribution in [-0.4, -0.2) is 80.4 Å². The normalized spacial score (nSPS) is 16.9. The van der Waals surface area contributed by atoms with Crippen LogP contribution in [-0.2, 0) is 36.8 Å². The molecule has 1 fully saturated rings. The Morgan fingerprint density at radius 1 is 1.00 bits per heavy atom. The Morgan fingerprint density at radius 3 is 2.40 bits per heavy atom. The van der Waals surface area contributed by atoms with Crippen LogP contribution in [0, 0.1) is 0 Å². The van der Waals surface area contributed by atoms with Crippen molar-refractivity contribution in [1.82, 2.24) is 20.5 Å². The summed E-state index contributed by atoms with van der Waals surface area (Å²) in [7, 11) is 0. The first kappa shape index (κ1) is 30.1. The van der Waals surface area contributed by atoms with Crippen LogP contribution in [0.5, 0.6) is 5.75 Å². The third-order valence-electron chi connectivity index (χ3n) is 7.30. The molecular weight excluding hydrogens is 544 g/mol. The molecule has 0 spiro atoms. The summed E-state index contributed by atoms with van der Waals surface area (Å²) in [6, 6.07) is 8.86. The number of carboxylic acids is 1. The van der Waals surface area contributed by atoms with Gasteiger partial charge in [0.25, 0.3) is 0 Å². The van der Waals surface area contributed by atoms with Gasteiger partial charge in [0.1, 0.15) is 23.9 Å². The van der Waals surface area contributed by atoms with Gasteiger partial charge in [-0.2, -0.15) is 0 Å². The fourth-order valence-corrected chi connectivity index (χ4v) is 5.16. The molecule has 1 aliphatic heterocycles. The van der Waals surface area contributed by atoms with Gasteiger partial charge < -0.3 is 42.2 Å². The number of amides is 4. The van der Waals surface area contributed by atoms with Crippen LogP contribution < -0.4 is 22.1 Å². The summed E-state index contributed by atoms with van der Waals surface area (Å²) in [5.41, 5.74) is 13.7. The predicted octanol–water partition coefficient (Wildman–Crippen LogP) is -0.0934. The second kappa shape index (κ2) is 13.2. The van der Waals surface area contributed by atoms with E-state index in [1.165, 1.54) is 17.0 Å². The molecule has 0 bridgehead atoms. The van der Waals surface area contributed by atoms with Gasteiger partial charge in [0.2, 0.25) is 23.6 Å². The molecule has 1 aliphatic rings. The van der Waals surface area contributed by atoms with Gasteiger partial charge in [0.05, 0.1) is 12.5 Å². The van der Waals surface area contributed by atoms with Gasteiger partial charge in [-0.25, -0.2) is 4.79 Å². The number of phenolic OH excluding ortho intramolecular Hbond substituents is 1. The van der Waals surface area contributed by atoms with Gasteiger partial charge in [-0.05, 0) is 48.6 Å². The molecule has 0 saturated carbocycles. The lowest BCUT2D eigenvalue weighted by Crippen LogP contribution is -2.57. The number of fused-ring (bicyclic) bond motifs is 1. The van der Waals surface area contributed by atoms with Crippen LogP contribution in [0.3, 0.4) is 0 Å². The monoisotopic (exact) mass is 578 g/mol. The van der Waals surface area contributed by atoms with Gasteiger partial charge in [0, 0.05) is 30.1 Å². The smallest absolute Gasteiger partial charge is 0.326 e. The van der Waals surface area contributed by atoms with Crippen LogP contribution in [0.4, 0.5) is 0 Å². The number of carboxylic acid groups (broad SMARTS) is 1. The second-order valence-corrected chi connectivity index (χ2v) is 10.4. The minimum Gasteiger partial charge on any atom is -0.508 e. The molecular formula is C29H34N6O7. The molecule has 3 aromatic rings. The summed E-state index contributed by atoms with van der Waals surface area (Å²) in [5.74, 6) is -4.13. The Kier molecular flexibility index (Phi) is 9.42. The molecule has 9 N–H and O–H groups in total. The van der Waals surface area contributed by atoms with Crippen molar-refractivity contribution in [3.8, 4) is 5.75 Å². The van der Waals surface area contributed by atoms with Crippen LogP contribution in [0.15, 0.2) is 54.7 Å². The Hall–Kier alpha value is -4.91. The number of carbonyl (C=O) groups is 5. The highest BCUT2D eigenvalue weighted by molar-refractivity contribution is 5.96. The Balaban J connectivity index is 1.42. The van der Waals surface area contributed by atoms with Gasteiger partial charge in [-0.1, -0.05) is 30.3 Å². The number of benzene rings is 2. The number of primary amides is 1. The molecule has 0 radical (unpaired) electrons. The van der Waals surface area contributed by atoms with E-state index in [0.29, 0.717) is 18.4 Å². The number of hydrogen-bond donors (Lipinski definition) is 7. The molecule has 4 rings (SSSR count). The van der Waals surface area contributed by atoms with Gasteiger partial charge in [-0.15, -0.1) is 0 Å². The topological polar surface area (TPSA) is 221 Å². The Morgan fingerprint density at radius 2 is 1.71 bits per heavy atom. The predicted molar refractivity (Wildman–Crippen MR) is 152 cm³/mol. The number of carbonyl (C=O) groups excluding carboxylic acids is 4. The number of aliphatic carboxylic acids is 1. The van der Waals surface area contributed by atoms with E-state index in [0.717, 1.165) is 16.5 Å². The van der Waals surface area contributed by atoms with Crippen molar-refractivity contribution in [2.75, 3.05) is 6.54 Å². The lowest BCUT2D eigenvalue weighted by Gasteiger charge is -2.28. The molecule has 2 heterocycles. The molecule has 1 aromatic heterocycles. The Bertz CT molecular complexity index is 1470. The fourth-order valence-electron chi connectivity index (χ4n) is 5.16. The van der Waals surface area contributed by atoms with Gasteiger partial charge in [-0.3, -0.25) is 19.2 Å². The van der Waals surface area contributed by atoms with Crippen LogP contribution in [0.2, 0.25) is 0 Å². The van der Waals surface area contributed by atoms with Gasteiger partial charge in [0.15, 0.2) is 0 Å². The number of aromatic amines is 1. The minimum atomic E-state index is -1.46. The summed E-state index contributed by atoms with van der Waals surface area (Å²) >= 11 is 0. The van der Waals surface area contributed by atoms with E-state index in [4.69, 9.17) is 11.5 Å². The van der Waals surface area contributed by atoms with E-state index < -0.39 is 60.2 Å². The second-order valence-electron chi connectivity index (χ2n) is 10.4. The number of H-pyrrole nitrogens is 1. The number of nitrogens with two attached hydrogens (primary N) is 2. The SMILES string of the molecule is NC(=O)CC(NC(=O)C1CCCN1C(=O)C(N)Cc1ccc(O)cc1)C(=O)NC(Cc1c[nH]c2ccccc12)C(=O)O. The number of aromatic hydroxyl groups is 1. The summed E-state index contributed by atoms with van der Waals surface area (Å²) in [4.78, 5) is 67.8. The Labute approximate surface area is 241 Å². The number of nitrogens with zero attached hydrogens (tertiary/aromatic N) is 1. The van der Waals surface area contributed by atoms with E-state index >= 15 is 0 Å². The van der Waals surface area contributed by atoms with E-state index in [1.54, 1.807) is 18.3 Å². The average Bonchev–Trinajstić information content (AvgIpc) is 3.60. The third kappa shape index (κ3) is 7.23. The maximum atomic E-state index is 13.3. The molecule has 13 nitrogen and oxygen atoms in total. The van der Waals surface area contributed by atoms with Crippen molar-refractivity contribution in [2.45, 2.75) is 56.3 Å². The highest BCUT2D eigenvalue weighted by atomic mass is 16.4. The van der Waals surface area contributed by atoms with E-state index in [9.17, 15) is 34.2 Å². The maximum absolute atomic E-state index is 13.3. The average molecular weight is 579 g/mol. The van der Waals surface area contributed by atoms with Crippen LogP contribution in [0.1, 0.15) is 30.4 Å². The lowest BCUT2D eigenvalue weighted by atomic mass is 10.0. The lowest BCUT2D eigenvalue weighted by molar-refractivity contribution is -0.143. The highest BCUT2D eigenvalue weighted by Gasteiger charge is 2.38. The first-order chi connectivity index (χ1) is 20.0. The van der Waals surface area contributed by atoms with Crippen molar-refractivity contribution in [3.63, 3.8) is 0 Å². The molecule has 1 saturated heterocycles. The highest BCUT2D eigenvalue weighted by Crippen LogP contribution is 2.21. The first-order valence-corrected chi connectivity index (χ1v) is 13.5. The molecule has 42 heavy (non-hydrogen) atoms. The van der Waals surface area contributed by atoms with Crippen molar-refractivity contribution >= 4 is 40.5 Å². The van der Waals surface area contributed by atoms with Gasteiger partial charge >= 0.3 is 5.97 Å². The summed E-state index contributed by atoms with van der Waals surface area (Å²) < 4.78 is 0. The number of hydrogen-bond acceptors (Lipinski definition) is 7. The van der Waals surface area contributed by atoms with Crippen molar-refractivity contribution in [1.29, 1.82) is 0 Å². The molecule has 2 aromatic carbocycles. The standard InChI is InChI=1S/C29H34N6O7/c30-20(12-16-7-9-18(36)10-8-16)28(40)35-11-3-6-24(35)27(39)33-22(14-25(31)37)26(38)34-23(29(41)42)13-17-15-32-21-5-2-1-4-19(17)21/h1-2,4-5,7-10,15,20,22-24,32,36H,3,6,11-14,30H2,(H2,31,37)(H,33,39)(H,34,38)(H,41,42). The minimum absolute atomic E-state index is 0.0495. The fraction of sp³-hybridized carbons (Fsp3) is 0.345. The molecule has 4 atom stereocenters. The zero-order valence-corrected chi connectivity index (χ0v) is 22.8. The van der Waals surface area contributed by atoms with Crippen molar-refractivity contribution in [3.05, 3.63) is 65.9 Å². The number of aromatic nitrogens is 1. The number of nitrogens with one attached hydrogen (secondary N) is 3. The molecule has 4 amide bonds. The number of likely N-dealkylation sites (tertiary alicyclic amines) is 1. The summed E-state index contributed by atoms with van der Waals surface area (Å²) in [6.45, 7) is 0.276. The van der Waals surface area contributed by atoms with Crippen molar-refractivity contribution in [2.24, 2.45) is 11.5 Å². The van der Waals surface area contributed by atoms with E-state index in [1.807, 2.05) is 24.3 Å². The first-order valence-electron chi connectivity index (χ1n) is 13.5. The van der Waals surface area contributed by atoms with Crippen LogP contribution >= 0.6 is 0 Å². The summed E-state index contributed by atoms with van der Waals surface area (Å²) in [6.07, 6.45) is 2.06. The zero-order valence-electron chi connectivity index (χ0n) is 22.8. The molecule has 13 heteroatoms. The molecule has 222 valence electrons. The zero-order chi connectivity index (χ0) is 30.4. The molecule has 4 unspecified atom stereocenters. The number of para-hydroxylation sites is 1. The van der Waals surface area contributed by atoms with Crippen LogP contribution in [0.25, 0.3) is 10.9 Å². The molecule has 0 aliphatic carbocycles. The van der Waals surface area contributed by atoms with E-state index in [-0.39, 0.29) is 25.1 Å². The third-order valence-corrected chi connectivity index (χ3v) is 7.30. The largest absolute Gasteiger partial charge is 0.508 e. The summed E-state index contributed by atoms with van der Waals surface area (Å²) in [5, 5.41) is 25.0. The quantitative estimate of drug-likeness (QED) is 0.153. The van der Waals surface area contributed by atoms with Crippen molar-refractivity contribution < 1.29 is 34.2 Å². The number of phenols is 1. The van der Waals surface area contributed by atoms with E-state index in [2.05, 4.69) is 15.6 Å². The maximum Gasteiger partial charge on any atom is 0.326 e. The number of rotatable bonds is 12.